The van der Waals surface area contributed by atoms with Crippen molar-refractivity contribution in [3.05, 3.63) is 84.1 Å². The Morgan fingerprint density at radius 2 is 1.93 bits per heavy atom. The van der Waals surface area contributed by atoms with Crippen molar-refractivity contribution in [1.29, 1.82) is 5.26 Å². The molecule has 0 N–H and O–H groups in total. The highest BCUT2D eigenvalue weighted by Crippen LogP contribution is 2.35. The molecule has 0 unspecified atom stereocenters. The molecule has 2 heterocycles. The van der Waals surface area contributed by atoms with Gasteiger partial charge >= 0.3 is 0 Å². The number of rotatable bonds is 6. The Labute approximate surface area is 166 Å². The molecule has 4 nitrogen and oxygen atoms in total. The minimum Gasteiger partial charge on any atom is -0.463 e. The van der Waals surface area contributed by atoms with Crippen LogP contribution < -0.4 is 4.90 Å². The maximum absolute atomic E-state index is 9.47. The van der Waals surface area contributed by atoms with Crippen LogP contribution >= 0.6 is 0 Å². The van der Waals surface area contributed by atoms with Crippen molar-refractivity contribution in [1.82, 2.24) is 4.98 Å². The van der Waals surface area contributed by atoms with Crippen molar-refractivity contribution in [3.8, 4) is 17.5 Å². The molecule has 0 aliphatic carbocycles. The summed E-state index contributed by atoms with van der Waals surface area (Å²) in [6.45, 7) is 12.7. The minimum atomic E-state index is 0.373. The summed E-state index contributed by atoms with van der Waals surface area (Å²) in [4.78, 5) is 6.91. The van der Waals surface area contributed by atoms with Gasteiger partial charge in [0.05, 0.1) is 17.9 Å². The third kappa shape index (κ3) is 3.89. The fourth-order valence-electron chi connectivity index (χ4n) is 3.12. The topological polar surface area (TPSA) is 53.1 Å². The monoisotopic (exact) mass is 369 g/mol. The predicted molar refractivity (Wildman–Crippen MR) is 115 cm³/mol. The molecule has 0 radical (unpaired) electrons. The average molecular weight is 369 g/mol. The summed E-state index contributed by atoms with van der Waals surface area (Å²) in [7, 11) is 1.99. The Morgan fingerprint density at radius 1 is 1.21 bits per heavy atom. The second-order valence-electron chi connectivity index (χ2n) is 6.94. The Bertz CT molecular complexity index is 1050. The number of aromatic nitrogens is 1. The first-order valence-corrected chi connectivity index (χ1v) is 9.01. The zero-order valence-corrected chi connectivity index (χ0v) is 16.5. The number of hydrogen-bond acceptors (Lipinski definition) is 4. The first kappa shape index (κ1) is 19.2. The fraction of sp³-hybridized carbons (Fsp3) is 0.167. The predicted octanol–water partition coefficient (Wildman–Crippen LogP) is 5.86. The van der Waals surface area contributed by atoms with E-state index in [0.29, 0.717) is 23.6 Å². The molecule has 4 heteroatoms. The summed E-state index contributed by atoms with van der Waals surface area (Å²) in [5.41, 5.74) is 5.81. The summed E-state index contributed by atoms with van der Waals surface area (Å²) < 4.78 is 5.54. The van der Waals surface area contributed by atoms with Crippen LogP contribution in [0.2, 0.25) is 0 Å². The smallest absolute Gasteiger partial charge is 0.152 e. The molecule has 0 atom stereocenters. The molecule has 28 heavy (non-hydrogen) atoms. The number of pyridine rings is 1. The molecule has 3 aromatic rings. The molecule has 1 aromatic carbocycles. The number of anilines is 1. The van der Waals surface area contributed by atoms with Gasteiger partial charge in [-0.05, 0) is 43.2 Å². The Balaban J connectivity index is 2.15. The van der Waals surface area contributed by atoms with Crippen molar-refractivity contribution in [3.63, 3.8) is 0 Å². The molecule has 0 bridgehead atoms. The van der Waals surface area contributed by atoms with E-state index in [1.807, 2.05) is 32.2 Å². The van der Waals surface area contributed by atoms with E-state index in [9.17, 15) is 5.26 Å². The lowest BCUT2D eigenvalue weighted by atomic mass is 9.96. The highest BCUT2D eigenvalue weighted by Gasteiger charge is 2.20. The molecule has 0 amide bonds. The van der Waals surface area contributed by atoms with Crippen LogP contribution in [-0.2, 0) is 6.54 Å². The van der Waals surface area contributed by atoms with Gasteiger partial charge in [0, 0.05) is 24.7 Å². The molecular formula is C24H23N3O. The molecule has 3 rings (SSSR count). The number of nitriles is 1. The van der Waals surface area contributed by atoms with Gasteiger partial charge < -0.3 is 9.32 Å². The van der Waals surface area contributed by atoms with Gasteiger partial charge in [-0.25, -0.2) is 4.98 Å². The summed E-state index contributed by atoms with van der Waals surface area (Å²) in [5, 5.41) is 9.47. The van der Waals surface area contributed by atoms with Crippen LogP contribution in [0, 0.1) is 18.3 Å². The largest absolute Gasteiger partial charge is 0.463 e. The molecule has 0 saturated carbocycles. The maximum Gasteiger partial charge on any atom is 0.152 e. The third-order valence-corrected chi connectivity index (χ3v) is 4.56. The van der Waals surface area contributed by atoms with Crippen LogP contribution in [0.25, 0.3) is 22.6 Å². The number of benzene rings is 1. The van der Waals surface area contributed by atoms with E-state index < -0.39 is 0 Å². The van der Waals surface area contributed by atoms with Crippen molar-refractivity contribution < 1.29 is 4.42 Å². The van der Waals surface area contributed by atoms with Crippen LogP contribution in [0.4, 0.5) is 5.82 Å². The van der Waals surface area contributed by atoms with Crippen LogP contribution in [0.1, 0.15) is 29.2 Å². The molecular weight excluding hydrogens is 346 g/mol. The second kappa shape index (κ2) is 7.98. The minimum absolute atomic E-state index is 0.373. The van der Waals surface area contributed by atoms with Gasteiger partial charge in [0.25, 0.3) is 0 Å². The van der Waals surface area contributed by atoms with E-state index in [1.165, 1.54) is 11.1 Å². The highest BCUT2D eigenvalue weighted by molar-refractivity contribution is 5.89. The Hall–Kier alpha value is -3.58. The fourth-order valence-corrected chi connectivity index (χ4v) is 3.12. The summed E-state index contributed by atoms with van der Waals surface area (Å²) in [6.07, 6.45) is 1.61. The lowest BCUT2D eigenvalue weighted by Crippen LogP contribution is -2.20. The zero-order chi connectivity index (χ0) is 20.3. The molecule has 140 valence electrons. The SMILES string of the molecule is C=C(C#N)c1cc(-c2ccco2)nc(N(C)Cc2ccc(C)cc2)c1C(=C)C. The summed E-state index contributed by atoms with van der Waals surface area (Å²) in [6, 6.07) is 16.1. The van der Waals surface area contributed by atoms with E-state index in [4.69, 9.17) is 9.40 Å². The number of furan rings is 1. The van der Waals surface area contributed by atoms with E-state index in [1.54, 1.807) is 6.26 Å². The van der Waals surface area contributed by atoms with Crippen molar-refractivity contribution in [2.75, 3.05) is 11.9 Å². The quantitative estimate of drug-likeness (QED) is 0.511. The molecule has 0 aliphatic rings. The van der Waals surface area contributed by atoms with E-state index in [0.717, 1.165) is 22.5 Å². The molecule has 0 fully saturated rings. The van der Waals surface area contributed by atoms with Gasteiger partial charge in [-0.3, -0.25) is 0 Å². The van der Waals surface area contributed by atoms with Gasteiger partial charge in [0.1, 0.15) is 11.5 Å². The van der Waals surface area contributed by atoms with Crippen LogP contribution in [0.15, 0.2) is 66.3 Å². The molecule has 0 spiro atoms. The van der Waals surface area contributed by atoms with E-state index in [-0.39, 0.29) is 0 Å². The molecule has 2 aromatic heterocycles. The zero-order valence-electron chi connectivity index (χ0n) is 16.5. The molecule has 0 saturated heterocycles. The highest BCUT2D eigenvalue weighted by atomic mass is 16.3. The standard InChI is InChI=1S/C24H23N3O/c1-16(2)23-20(18(4)14-25)13-21(22-7-6-12-28-22)26-24(23)27(5)15-19-10-8-17(3)9-11-19/h6-13H,1,4,15H2,2-3,5H3. The number of nitrogens with zero attached hydrogens (tertiary/aromatic N) is 3. The number of allylic oxidation sites excluding steroid dienone is 2. The van der Waals surface area contributed by atoms with Crippen LogP contribution in [-0.4, -0.2) is 12.0 Å². The van der Waals surface area contributed by atoms with E-state index in [2.05, 4.69) is 55.3 Å². The van der Waals surface area contributed by atoms with Gasteiger partial charge in [-0.15, -0.1) is 0 Å². The van der Waals surface area contributed by atoms with Gasteiger partial charge in [-0.2, -0.15) is 5.26 Å². The van der Waals surface area contributed by atoms with Crippen LogP contribution in [0.5, 0.6) is 0 Å². The Kier molecular flexibility index (Phi) is 5.47. The lowest BCUT2D eigenvalue weighted by molar-refractivity contribution is 0.580. The van der Waals surface area contributed by atoms with Gasteiger partial charge in [0.2, 0.25) is 0 Å². The number of hydrogen-bond donors (Lipinski definition) is 0. The first-order chi connectivity index (χ1) is 13.4. The lowest BCUT2D eigenvalue weighted by Gasteiger charge is -2.24. The normalized spacial score (nSPS) is 10.4. The van der Waals surface area contributed by atoms with Crippen molar-refractivity contribution >= 4 is 17.0 Å². The number of aryl methyl sites for hydroxylation is 1. The van der Waals surface area contributed by atoms with E-state index >= 15 is 0 Å². The molecule has 0 aliphatic heterocycles. The third-order valence-electron chi connectivity index (χ3n) is 4.56. The summed E-state index contributed by atoms with van der Waals surface area (Å²) in [5.74, 6) is 1.39. The second-order valence-corrected chi connectivity index (χ2v) is 6.94. The Morgan fingerprint density at radius 3 is 2.50 bits per heavy atom. The van der Waals surface area contributed by atoms with Gasteiger partial charge in [0.15, 0.2) is 5.76 Å². The van der Waals surface area contributed by atoms with Gasteiger partial charge in [-0.1, -0.05) is 43.0 Å². The maximum atomic E-state index is 9.47. The summed E-state index contributed by atoms with van der Waals surface area (Å²) >= 11 is 0. The van der Waals surface area contributed by atoms with Crippen LogP contribution in [0.3, 0.4) is 0 Å². The first-order valence-electron chi connectivity index (χ1n) is 9.01. The van der Waals surface area contributed by atoms with Crippen molar-refractivity contribution in [2.45, 2.75) is 20.4 Å². The van der Waals surface area contributed by atoms with Crippen molar-refractivity contribution in [2.24, 2.45) is 0 Å². The average Bonchev–Trinajstić information content (AvgIpc) is 3.22.